The van der Waals surface area contributed by atoms with Gasteiger partial charge in [-0.15, -0.1) is 29.7 Å². The average Bonchev–Trinajstić information content (AvgIpc) is 3.06. The predicted octanol–water partition coefficient (Wildman–Crippen LogP) is 4.87. The minimum Gasteiger partial charge on any atom is -0.168 e. The Bertz CT molecular complexity index is 739. The second-order valence-corrected chi connectivity index (χ2v) is 6.42. The Morgan fingerprint density at radius 1 is 0.565 bits per heavy atom. The van der Waals surface area contributed by atoms with Crippen molar-refractivity contribution >= 4 is 30.0 Å². The third-order valence-electron chi connectivity index (χ3n) is 3.38. The Morgan fingerprint density at radius 2 is 1.09 bits per heavy atom. The van der Waals surface area contributed by atoms with Gasteiger partial charge in [-0.1, -0.05) is 75.3 Å². The molecule has 0 bridgehead atoms. The van der Waals surface area contributed by atoms with E-state index in [-0.39, 0.29) is 26.2 Å². The van der Waals surface area contributed by atoms with Crippen molar-refractivity contribution < 1.29 is 26.2 Å². The van der Waals surface area contributed by atoms with Crippen LogP contribution in [0.1, 0.15) is 0 Å². The van der Waals surface area contributed by atoms with Crippen molar-refractivity contribution in [2.45, 2.75) is 0 Å². The summed E-state index contributed by atoms with van der Waals surface area (Å²) in [6.45, 7) is 0. The second-order valence-electron chi connectivity index (χ2n) is 5.01. The van der Waals surface area contributed by atoms with E-state index in [2.05, 4.69) is 103 Å². The maximum absolute atomic E-state index is 2.17. The van der Waals surface area contributed by atoms with Crippen molar-refractivity contribution in [1.82, 2.24) is 0 Å². The smallest absolute Gasteiger partial charge is 0 e. The molecule has 4 rings (SSSR count). The first-order valence-corrected chi connectivity index (χ1v) is 8.39. The van der Waals surface area contributed by atoms with Gasteiger partial charge in [-0.05, 0) is 10.6 Å². The summed E-state index contributed by atoms with van der Waals surface area (Å²) in [6, 6.07) is 35.8. The third-order valence-corrected chi connectivity index (χ3v) is 4.63. The Balaban J connectivity index is 0.000000169. The molecule has 0 aliphatic carbocycles. The van der Waals surface area contributed by atoms with Crippen LogP contribution in [-0.4, -0.2) is 0 Å². The van der Waals surface area contributed by atoms with E-state index in [9.17, 15) is 0 Å². The molecule has 4 aromatic carbocycles. The van der Waals surface area contributed by atoms with E-state index >= 15 is 0 Å². The first-order valence-electron chi connectivity index (χ1n) is 7.39. The maximum atomic E-state index is 2.17. The SMILES string of the molecule is [Zr].c1ccc(Pc2ccccc2)cc1.c1ccc2[cH-]ccc2c1. The minimum absolute atomic E-state index is 0. The first kappa shape index (κ1) is 17.9. The Labute approximate surface area is 158 Å². The predicted molar refractivity (Wildman–Crippen MR) is 100 cm³/mol. The molecule has 0 aliphatic heterocycles. The molecule has 0 unspecified atom stereocenters. The molecule has 0 spiro atoms. The van der Waals surface area contributed by atoms with Gasteiger partial charge < -0.3 is 0 Å². The van der Waals surface area contributed by atoms with Crippen LogP contribution in [0.15, 0.2) is 103 Å². The minimum atomic E-state index is 0. The van der Waals surface area contributed by atoms with Gasteiger partial charge in [-0.25, -0.2) is 0 Å². The van der Waals surface area contributed by atoms with Crippen LogP contribution in [0.2, 0.25) is 0 Å². The van der Waals surface area contributed by atoms with Crippen molar-refractivity contribution in [3.8, 4) is 0 Å². The molecule has 0 nitrogen and oxygen atoms in total. The van der Waals surface area contributed by atoms with Crippen LogP contribution < -0.4 is 10.6 Å². The molecule has 0 aliphatic rings. The topological polar surface area (TPSA) is 0 Å². The first-order chi connectivity index (χ1) is 10.9. The van der Waals surface area contributed by atoms with Gasteiger partial charge in [0.2, 0.25) is 0 Å². The summed E-state index contributed by atoms with van der Waals surface area (Å²) < 4.78 is 0. The Kier molecular flexibility index (Phi) is 7.53. The number of fused-ring (bicyclic) bond motifs is 1. The Morgan fingerprint density at radius 3 is 1.65 bits per heavy atom. The van der Waals surface area contributed by atoms with Crippen LogP contribution >= 0.6 is 8.58 Å². The van der Waals surface area contributed by atoms with Crippen LogP contribution in [0.25, 0.3) is 10.8 Å². The standard InChI is InChI=1S/C12H11P.C9H7.Zr/c1-3-7-11(8-4-1)13-12-9-5-2-6-10-12;1-2-5-9-7-3-6-8(9)4-1;/h1-10,13H;1-7H;/q;-1;. The van der Waals surface area contributed by atoms with Gasteiger partial charge in [-0.3, -0.25) is 0 Å². The summed E-state index contributed by atoms with van der Waals surface area (Å²) in [5.74, 6) is 0. The van der Waals surface area contributed by atoms with E-state index in [0.29, 0.717) is 0 Å². The van der Waals surface area contributed by atoms with E-state index in [0.717, 1.165) is 8.58 Å². The third kappa shape index (κ3) is 5.61. The molecule has 0 N–H and O–H groups in total. The van der Waals surface area contributed by atoms with Crippen molar-refractivity contribution in [3.05, 3.63) is 103 Å². The summed E-state index contributed by atoms with van der Waals surface area (Å²) in [6.07, 6.45) is 0. The summed E-state index contributed by atoms with van der Waals surface area (Å²) in [5, 5.41) is 5.46. The molecule has 4 aromatic rings. The molecular formula is C21H18PZr-. The van der Waals surface area contributed by atoms with Gasteiger partial charge in [0, 0.05) is 26.2 Å². The average molecular weight is 393 g/mol. The summed E-state index contributed by atoms with van der Waals surface area (Å²) in [4.78, 5) is 0. The zero-order valence-corrected chi connectivity index (χ0v) is 16.3. The van der Waals surface area contributed by atoms with Gasteiger partial charge in [0.25, 0.3) is 0 Å². The zero-order valence-electron chi connectivity index (χ0n) is 12.8. The van der Waals surface area contributed by atoms with E-state index in [1.165, 1.54) is 21.4 Å². The van der Waals surface area contributed by atoms with Gasteiger partial charge in [0.15, 0.2) is 0 Å². The molecule has 0 saturated carbocycles. The van der Waals surface area contributed by atoms with Crippen molar-refractivity contribution in [2.24, 2.45) is 0 Å². The largest absolute Gasteiger partial charge is 0.168 e. The summed E-state index contributed by atoms with van der Waals surface area (Å²) in [5.41, 5.74) is 0. The van der Waals surface area contributed by atoms with Gasteiger partial charge >= 0.3 is 0 Å². The van der Waals surface area contributed by atoms with E-state index in [1.807, 2.05) is 0 Å². The molecule has 0 radical (unpaired) electrons. The van der Waals surface area contributed by atoms with E-state index < -0.39 is 0 Å². The van der Waals surface area contributed by atoms with Crippen molar-refractivity contribution in [3.63, 3.8) is 0 Å². The fourth-order valence-electron chi connectivity index (χ4n) is 2.28. The number of benzene rings is 3. The Hall–Kier alpha value is -1.42. The van der Waals surface area contributed by atoms with Gasteiger partial charge in [0.1, 0.15) is 0 Å². The normalized spacial score (nSPS) is 9.57. The van der Waals surface area contributed by atoms with Gasteiger partial charge in [-0.2, -0.15) is 17.5 Å². The van der Waals surface area contributed by atoms with Crippen LogP contribution in [0.4, 0.5) is 0 Å². The van der Waals surface area contributed by atoms with Crippen molar-refractivity contribution in [2.75, 3.05) is 0 Å². The molecule has 0 atom stereocenters. The number of rotatable bonds is 2. The molecule has 0 amide bonds. The fraction of sp³-hybridized carbons (Fsp3) is 0. The zero-order chi connectivity index (χ0) is 15.0. The fourth-order valence-corrected chi connectivity index (χ4v) is 3.33. The van der Waals surface area contributed by atoms with E-state index in [4.69, 9.17) is 0 Å². The number of hydrogen-bond acceptors (Lipinski definition) is 0. The van der Waals surface area contributed by atoms with Crippen LogP contribution in [-0.2, 0) is 26.2 Å². The van der Waals surface area contributed by atoms with E-state index in [1.54, 1.807) is 0 Å². The molecule has 0 fully saturated rings. The second kappa shape index (κ2) is 9.66. The monoisotopic (exact) mass is 391 g/mol. The summed E-state index contributed by atoms with van der Waals surface area (Å²) in [7, 11) is 0.777. The van der Waals surface area contributed by atoms with Crippen LogP contribution in [0.5, 0.6) is 0 Å². The molecule has 0 saturated heterocycles. The molecule has 23 heavy (non-hydrogen) atoms. The molecule has 0 aromatic heterocycles. The molecule has 112 valence electrons. The summed E-state index contributed by atoms with van der Waals surface area (Å²) >= 11 is 0. The quantitative estimate of drug-likeness (QED) is 0.337. The van der Waals surface area contributed by atoms with Crippen molar-refractivity contribution in [1.29, 1.82) is 0 Å². The van der Waals surface area contributed by atoms with Gasteiger partial charge in [0.05, 0.1) is 0 Å². The number of hydrogen-bond donors (Lipinski definition) is 0. The van der Waals surface area contributed by atoms with Crippen LogP contribution in [0.3, 0.4) is 0 Å². The van der Waals surface area contributed by atoms with Crippen LogP contribution in [0, 0.1) is 0 Å². The maximum Gasteiger partial charge on any atom is 0 e. The molecular weight excluding hydrogens is 374 g/mol. The molecule has 2 heteroatoms. The molecule has 0 heterocycles.